The second kappa shape index (κ2) is 4.66. The molecular formula is C9H9FN2OS. The summed E-state index contributed by atoms with van der Waals surface area (Å²) in [5, 5.41) is 5.06. The van der Waals surface area contributed by atoms with E-state index in [1.54, 1.807) is 13.1 Å². The fourth-order valence-electron chi connectivity index (χ4n) is 0.878. The minimum absolute atomic E-state index is 0.0231. The van der Waals surface area contributed by atoms with E-state index >= 15 is 0 Å². The number of nitrogens with one attached hydrogen (secondary N) is 2. The summed E-state index contributed by atoms with van der Waals surface area (Å²) in [5.74, 6) is -1.12. The monoisotopic (exact) mass is 212 g/mol. The van der Waals surface area contributed by atoms with Crippen LogP contribution in [0.4, 0.5) is 4.39 Å². The van der Waals surface area contributed by atoms with E-state index in [1.807, 2.05) is 0 Å². The number of carbonyl (C=O) groups excluding carboxylic acids is 1. The van der Waals surface area contributed by atoms with Gasteiger partial charge in [-0.3, -0.25) is 10.1 Å². The molecule has 0 heterocycles. The number of benzene rings is 1. The Labute approximate surface area is 86.3 Å². The molecule has 1 amide bonds. The number of hydrogen-bond acceptors (Lipinski definition) is 2. The van der Waals surface area contributed by atoms with Crippen LogP contribution < -0.4 is 10.6 Å². The molecular weight excluding hydrogens is 203 g/mol. The van der Waals surface area contributed by atoms with Crippen molar-refractivity contribution in [3.8, 4) is 0 Å². The standard InChI is InChI=1S/C9H9FN2OS/c1-11-9(14)12-8(13)6-4-2-3-5-7(6)10/h2-5H,1H3,(H2,11,12,13,14). The molecule has 0 bridgehead atoms. The van der Waals surface area contributed by atoms with E-state index in [2.05, 4.69) is 10.6 Å². The molecule has 0 aliphatic heterocycles. The summed E-state index contributed by atoms with van der Waals surface area (Å²) >= 11 is 4.71. The molecule has 1 aromatic rings. The normalized spacial score (nSPS) is 9.29. The van der Waals surface area contributed by atoms with Crippen LogP contribution in [-0.4, -0.2) is 18.1 Å². The van der Waals surface area contributed by atoms with Crippen molar-refractivity contribution in [1.29, 1.82) is 0 Å². The fourth-order valence-corrected chi connectivity index (χ4v) is 0.971. The molecule has 0 radical (unpaired) electrons. The first-order valence-electron chi connectivity index (χ1n) is 3.92. The minimum atomic E-state index is -0.566. The maximum atomic E-state index is 13.1. The zero-order chi connectivity index (χ0) is 10.6. The second-order valence-corrected chi connectivity index (χ2v) is 2.92. The van der Waals surface area contributed by atoms with Gasteiger partial charge in [-0.15, -0.1) is 0 Å². The van der Waals surface area contributed by atoms with E-state index in [9.17, 15) is 9.18 Å². The first kappa shape index (κ1) is 10.6. The Morgan fingerprint density at radius 2 is 2.07 bits per heavy atom. The third kappa shape index (κ3) is 2.50. The van der Waals surface area contributed by atoms with Crippen molar-refractivity contribution in [2.24, 2.45) is 0 Å². The smallest absolute Gasteiger partial charge is 0.260 e. The number of hydrogen-bond donors (Lipinski definition) is 2. The lowest BCUT2D eigenvalue weighted by Gasteiger charge is -2.05. The molecule has 0 unspecified atom stereocenters. The Morgan fingerprint density at radius 1 is 1.43 bits per heavy atom. The SMILES string of the molecule is CNC(=S)NC(=O)c1ccccc1F. The van der Waals surface area contributed by atoms with E-state index < -0.39 is 11.7 Å². The van der Waals surface area contributed by atoms with Gasteiger partial charge in [0.1, 0.15) is 5.82 Å². The Hall–Kier alpha value is -1.49. The van der Waals surface area contributed by atoms with Crippen LogP contribution in [-0.2, 0) is 0 Å². The van der Waals surface area contributed by atoms with Gasteiger partial charge in [0, 0.05) is 7.05 Å². The van der Waals surface area contributed by atoms with E-state index in [1.165, 1.54) is 18.2 Å². The fraction of sp³-hybridized carbons (Fsp3) is 0.111. The maximum Gasteiger partial charge on any atom is 0.260 e. The van der Waals surface area contributed by atoms with E-state index in [0.29, 0.717) is 0 Å². The predicted molar refractivity (Wildman–Crippen MR) is 55.5 cm³/mol. The molecule has 0 fully saturated rings. The lowest BCUT2D eigenvalue weighted by Crippen LogP contribution is -2.37. The third-order valence-electron chi connectivity index (χ3n) is 1.57. The molecule has 1 rings (SSSR count). The molecule has 0 saturated heterocycles. The van der Waals surface area contributed by atoms with Gasteiger partial charge >= 0.3 is 0 Å². The Morgan fingerprint density at radius 3 is 2.64 bits per heavy atom. The van der Waals surface area contributed by atoms with Gasteiger partial charge in [0.05, 0.1) is 5.56 Å². The molecule has 14 heavy (non-hydrogen) atoms. The van der Waals surface area contributed by atoms with Crippen molar-refractivity contribution in [1.82, 2.24) is 10.6 Å². The Balaban J connectivity index is 2.80. The first-order valence-corrected chi connectivity index (χ1v) is 4.33. The van der Waals surface area contributed by atoms with Gasteiger partial charge in [-0.1, -0.05) is 12.1 Å². The highest BCUT2D eigenvalue weighted by molar-refractivity contribution is 7.80. The highest BCUT2D eigenvalue weighted by Crippen LogP contribution is 2.05. The Kier molecular flexibility index (Phi) is 3.53. The zero-order valence-corrected chi connectivity index (χ0v) is 8.32. The molecule has 74 valence electrons. The lowest BCUT2D eigenvalue weighted by molar-refractivity contribution is 0.0973. The van der Waals surface area contributed by atoms with Gasteiger partial charge in [-0.25, -0.2) is 4.39 Å². The lowest BCUT2D eigenvalue weighted by atomic mass is 10.2. The molecule has 0 spiro atoms. The maximum absolute atomic E-state index is 13.1. The molecule has 5 heteroatoms. The van der Waals surface area contributed by atoms with Crippen LogP contribution in [0.1, 0.15) is 10.4 Å². The number of rotatable bonds is 1. The summed E-state index contributed by atoms with van der Waals surface area (Å²) in [7, 11) is 1.57. The minimum Gasteiger partial charge on any atom is -0.365 e. The average Bonchev–Trinajstić information content (AvgIpc) is 2.18. The molecule has 0 aliphatic rings. The zero-order valence-electron chi connectivity index (χ0n) is 7.50. The molecule has 1 aromatic carbocycles. The molecule has 0 atom stereocenters. The summed E-state index contributed by atoms with van der Waals surface area (Å²) in [6.07, 6.45) is 0. The molecule has 3 nitrogen and oxygen atoms in total. The largest absolute Gasteiger partial charge is 0.365 e. The van der Waals surface area contributed by atoms with Crippen molar-refractivity contribution in [2.75, 3.05) is 7.05 Å². The van der Waals surface area contributed by atoms with Crippen LogP contribution in [0, 0.1) is 5.82 Å². The molecule has 2 N–H and O–H groups in total. The summed E-state index contributed by atoms with van der Waals surface area (Å²) in [6.45, 7) is 0. The van der Waals surface area contributed by atoms with Crippen molar-refractivity contribution >= 4 is 23.2 Å². The van der Waals surface area contributed by atoms with Gasteiger partial charge in [0.25, 0.3) is 5.91 Å². The van der Waals surface area contributed by atoms with Crippen LogP contribution in [0.3, 0.4) is 0 Å². The first-order chi connectivity index (χ1) is 6.65. The average molecular weight is 212 g/mol. The van der Waals surface area contributed by atoms with Crippen LogP contribution >= 0.6 is 12.2 Å². The van der Waals surface area contributed by atoms with E-state index in [4.69, 9.17) is 12.2 Å². The van der Waals surface area contributed by atoms with Crippen LogP contribution in [0.2, 0.25) is 0 Å². The van der Waals surface area contributed by atoms with Crippen LogP contribution in [0.5, 0.6) is 0 Å². The van der Waals surface area contributed by atoms with Crippen molar-refractivity contribution in [3.63, 3.8) is 0 Å². The van der Waals surface area contributed by atoms with Crippen molar-refractivity contribution in [2.45, 2.75) is 0 Å². The summed E-state index contributed by atoms with van der Waals surface area (Å²) < 4.78 is 13.1. The van der Waals surface area contributed by atoms with E-state index in [-0.39, 0.29) is 10.7 Å². The summed E-state index contributed by atoms with van der Waals surface area (Å²) in [5.41, 5.74) is -0.0231. The van der Waals surface area contributed by atoms with Crippen LogP contribution in [0.15, 0.2) is 24.3 Å². The van der Waals surface area contributed by atoms with Gasteiger partial charge in [-0.2, -0.15) is 0 Å². The summed E-state index contributed by atoms with van der Waals surface area (Å²) in [6, 6.07) is 5.71. The highest BCUT2D eigenvalue weighted by atomic mass is 32.1. The van der Waals surface area contributed by atoms with Gasteiger partial charge in [-0.05, 0) is 24.4 Å². The number of carbonyl (C=O) groups is 1. The third-order valence-corrected chi connectivity index (χ3v) is 1.88. The quantitative estimate of drug-likeness (QED) is 0.684. The van der Waals surface area contributed by atoms with Crippen molar-refractivity contribution < 1.29 is 9.18 Å². The van der Waals surface area contributed by atoms with Gasteiger partial charge in [0.2, 0.25) is 0 Å². The predicted octanol–water partition coefficient (Wildman–Crippen LogP) is 1.06. The Bertz CT molecular complexity index is 368. The van der Waals surface area contributed by atoms with Gasteiger partial charge in [0.15, 0.2) is 5.11 Å². The van der Waals surface area contributed by atoms with Gasteiger partial charge < -0.3 is 5.32 Å². The molecule has 0 aliphatic carbocycles. The van der Waals surface area contributed by atoms with E-state index in [0.717, 1.165) is 0 Å². The number of thiocarbonyl (C=S) groups is 1. The molecule has 0 saturated carbocycles. The van der Waals surface area contributed by atoms with Crippen LogP contribution in [0.25, 0.3) is 0 Å². The second-order valence-electron chi connectivity index (χ2n) is 2.51. The summed E-state index contributed by atoms with van der Waals surface area (Å²) in [4.78, 5) is 11.4. The van der Waals surface area contributed by atoms with Crippen molar-refractivity contribution in [3.05, 3.63) is 35.6 Å². The highest BCUT2D eigenvalue weighted by Gasteiger charge is 2.10. The topological polar surface area (TPSA) is 41.1 Å². The number of halogens is 1. The molecule has 0 aromatic heterocycles. The number of amides is 1.